The molecular weight excluding hydrogens is 1210 g/mol. The number of esters is 1. The molecular formula is C57H94O33. The molecule has 6 aliphatic heterocycles. The molecule has 0 bridgehead atoms. The van der Waals surface area contributed by atoms with Crippen molar-refractivity contribution in [2.45, 2.75) is 269 Å². The lowest BCUT2D eigenvalue weighted by Gasteiger charge is -2.66. The van der Waals surface area contributed by atoms with Gasteiger partial charge in [0.05, 0.1) is 50.7 Å². The van der Waals surface area contributed by atoms with Crippen molar-refractivity contribution in [3.63, 3.8) is 0 Å². The molecule has 0 spiro atoms. The first-order valence-electron chi connectivity index (χ1n) is 30.7. The highest BCUT2D eigenvalue weighted by atomic mass is 16.8. The van der Waals surface area contributed by atoms with Gasteiger partial charge in [-0.2, -0.15) is 0 Å². The smallest absolute Gasteiger partial charge is 0.314 e. The van der Waals surface area contributed by atoms with Gasteiger partial charge in [-0.1, -0.05) is 26.8 Å². The zero-order valence-electron chi connectivity index (χ0n) is 50.3. The van der Waals surface area contributed by atoms with Crippen LogP contribution >= 0.6 is 0 Å². The van der Waals surface area contributed by atoms with E-state index in [1.807, 2.05) is 0 Å². The van der Waals surface area contributed by atoms with Gasteiger partial charge in [-0.3, -0.25) is 4.79 Å². The van der Waals surface area contributed by atoms with Crippen molar-refractivity contribution >= 4 is 5.97 Å². The molecule has 0 aromatic rings. The van der Waals surface area contributed by atoms with Crippen molar-refractivity contribution in [2.75, 3.05) is 39.6 Å². The Hall–Kier alpha value is -2.03. The lowest BCUT2D eigenvalue weighted by molar-refractivity contribution is -0.401. The second-order valence-electron chi connectivity index (χ2n) is 26.7. The van der Waals surface area contributed by atoms with Crippen LogP contribution in [0.4, 0.5) is 0 Å². The molecule has 3 saturated carbocycles. The van der Waals surface area contributed by atoms with E-state index in [2.05, 4.69) is 20.4 Å². The van der Waals surface area contributed by atoms with Crippen LogP contribution in [0.1, 0.15) is 79.1 Å². The maximum atomic E-state index is 15.4. The van der Waals surface area contributed by atoms with Crippen LogP contribution in [0.25, 0.3) is 0 Å². The van der Waals surface area contributed by atoms with Crippen molar-refractivity contribution in [3.8, 4) is 0 Å². The Morgan fingerprint density at radius 3 is 1.12 bits per heavy atom. The summed E-state index contributed by atoms with van der Waals surface area (Å²) in [6, 6.07) is 0. The van der Waals surface area contributed by atoms with E-state index in [1.54, 1.807) is 13.8 Å². The summed E-state index contributed by atoms with van der Waals surface area (Å²) in [6.45, 7) is 6.58. The standard InChI is InChI=1S/C57H94O33/c1-20(2)57(90-52-46(88-50-42(77)38(73)32(67)24(16-61)82-50)44(34(69)26(18-63)84-52)86-48-40(75)36(71)30(65)22(14-59)80-48)12-8-27-54(3,19-57)11-7-28-55(27,4)9-6-10-56(28,5)53(78)89-51-45(87-49-41(76)37(72)31(66)23(15-60)81-49)43(33(68)25(17-62)83-51)85-47-39(74)35(70)29(64)21(13-58)79-47/h21-52,58-77H,1,6-19H2,2-5H3/t21?,22?,23?,24?,25?,26?,27-,28+,29?,30?,31?,32?,33?,34?,35?,36?,37?,38?,39?,40?,41?,42?,43?,44?,45?,46?,47?,48?,49?,50?,51?,52?,54+,55+,56-,57+/m1/s1. The van der Waals surface area contributed by atoms with Crippen LogP contribution in [0.5, 0.6) is 0 Å². The van der Waals surface area contributed by atoms with Crippen LogP contribution in [0.15, 0.2) is 12.2 Å². The van der Waals surface area contributed by atoms with E-state index in [1.165, 1.54) is 0 Å². The van der Waals surface area contributed by atoms with Gasteiger partial charge in [-0.15, -0.1) is 0 Å². The molecule has 6 saturated heterocycles. The minimum absolute atomic E-state index is 0.191. The summed E-state index contributed by atoms with van der Waals surface area (Å²) in [7, 11) is 0. The van der Waals surface area contributed by atoms with Gasteiger partial charge in [0.15, 0.2) is 37.6 Å². The van der Waals surface area contributed by atoms with E-state index in [-0.39, 0.29) is 25.2 Å². The first-order chi connectivity index (χ1) is 42.4. The van der Waals surface area contributed by atoms with Gasteiger partial charge in [-0.05, 0) is 87.0 Å². The maximum Gasteiger partial charge on any atom is 0.314 e. The number of carbonyl (C=O) groups excluding carboxylic acids is 1. The van der Waals surface area contributed by atoms with Gasteiger partial charge in [0.1, 0.15) is 140 Å². The summed E-state index contributed by atoms with van der Waals surface area (Å²) in [6.07, 6.45) is -52.9. The molecule has 33 heteroatoms. The third kappa shape index (κ3) is 13.2. The molecule has 6 heterocycles. The van der Waals surface area contributed by atoms with Crippen LogP contribution in [0.2, 0.25) is 0 Å². The number of carbonyl (C=O) groups is 1. The molecule has 0 aromatic heterocycles. The number of aliphatic hydroxyl groups excluding tert-OH is 20. The summed E-state index contributed by atoms with van der Waals surface area (Å²) in [5.74, 6) is -1.51. The lowest BCUT2D eigenvalue weighted by atomic mass is 9.40. The molecule has 520 valence electrons. The summed E-state index contributed by atoms with van der Waals surface area (Å²) in [4.78, 5) is 15.4. The molecule has 36 atom stereocenters. The molecule has 20 N–H and O–H groups in total. The van der Waals surface area contributed by atoms with Gasteiger partial charge in [0, 0.05) is 0 Å². The number of hydrogen-bond donors (Lipinski definition) is 20. The van der Waals surface area contributed by atoms with E-state index >= 15 is 4.79 Å². The Balaban J connectivity index is 0.999. The first-order valence-corrected chi connectivity index (χ1v) is 30.7. The third-order valence-electron chi connectivity index (χ3n) is 21.1. The number of hydrogen-bond acceptors (Lipinski definition) is 33. The van der Waals surface area contributed by atoms with E-state index in [4.69, 9.17) is 56.8 Å². The first kappa shape index (κ1) is 72.2. The number of rotatable bonds is 19. The molecule has 30 unspecified atom stereocenters. The van der Waals surface area contributed by atoms with Gasteiger partial charge in [0.25, 0.3) is 0 Å². The fourth-order valence-corrected chi connectivity index (χ4v) is 15.9. The van der Waals surface area contributed by atoms with Gasteiger partial charge in [-0.25, -0.2) is 0 Å². The van der Waals surface area contributed by atoms with Gasteiger partial charge in [0.2, 0.25) is 6.29 Å². The normalized spacial score (nSPS) is 53.5. The van der Waals surface area contributed by atoms with Crippen molar-refractivity contribution in [1.29, 1.82) is 0 Å². The van der Waals surface area contributed by atoms with Crippen LogP contribution in [-0.2, 0) is 61.6 Å². The lowest BCUT2D eigenvalue weighted by Crippen LogP contribution is -2.68. The number of fused-ring (bicyclic) bond motifs is 3. The van der Waals surface area contributed by atoms with Crippen molar-refractivity contribution < 1.29 is 164 Å². The molecule has 3 aliphatic carbocycles. The molecule has 0 aromatic carbocycles. The Labute approximate surface area is 517 Å². The largest absolute Gasteiger partial charge is 0.432 e. The second kappa shape index (κ2) is 28.6. The predicted molar refractivity (Wildman–Crippen MR) is 291 cm³/mol. The summed E-state index contributed by atoms with van der Waals surface area (Å²) >= 11 is 0. The Morgan fingerprint density at radius 1 is 0.411 bits per heavy atom. The maximum absolute atomic E-state index is 15.4. The van der Waals surface area contributed by atoms with E-state index < -0.39 is 258 Å². The quantitative estimate of drug-likeness (QED) is 0.0324. The molecule has 33 nitrogen and oxygen atoms in total. The van der Waals surface area contributed by atoms with E-state index in [0.29, 0.717) is 37.7 Å². The van der Waals surface area contributed by atoms with E-state index in [9.17, 15) is 102 Å². The SMILES string of the molecule is C=C(C)[C@]1(OC2OC(CO)C(O)C(OC3OC(CO)C(O)C(O)C3O)C2OC2OC(CO)C(O)C(O)C2O)CC[C@@H]2[C@@](C)(CC[C@H]3[C@@]2(C)CCC[C@@]3(C)C(=O)OC2OC(CO)C(O)C(OC3OC(CO)C(O)C(O)C3O)C2OC2OC(CO)C(O)C(O)C2O)C1. The molecule has 0 amide bonds. The monoisotopic (exact) mass is 1310 g/mol. The average molecular weight is 1310 g/mol. The molecule has 90 heavy (non-hydrogen) atoms. The van der Waals surface area contributed by atoms with Crippen LogP contribution in [-0.4, -0.2) is 338 Å². The van der Waals surface area contributed by atoms with E-state index in [0.717, 1.165) is 0 Å². The highest BCUT2D eigenvalue weighted by Gasteiger charge is 2.67. The summed E-state index contributed by atoms with van der Waals surface area (Å²) in [5, 5.41) is 215. The predicted octanol–water partition coefficient (Wildman–Crippen LogP) is -8.83. The minimum Gasteiger partial charge on any atom is -0.432 e. The Bertz CT molecular complexity index is 2380. The van der Waals surface area contributed by atoms with Crippen molar-refractivity contribution in [3.05, 3.63) is 12.2 Å². The van der Waals surface area contributed by atoms with Crippen molar-refractivity contribution in [1.82, 2.24) is 0 Å². The molecule has 0 radical (unpaired) electrons. The fourth-order valence-electron chi connectivity index (χ4n) is 15.9. The summed E-state index contributed by atoms with van der Waals surface area (Å²) in [5.41, 5.74) is -3.62. The highest BCUT2D eigenvalue weighted by molar-refractivity contribution is 5.77. The zero-order valence-corrected chi connectivity index (χ0v) is 50.3. The summed E-state index contributed by atoms with van der Waals surface area (Å²) < 4.78 is 73.0. The number of ether oxygens (including phenoxy) is 12. The highest BCUT2D eigenvalue weighted by Crippen LogP contribution is 2.69. The molecule has 9 fully saturated rings. The van der Waals surface area contributed by atoms with Crippen molar-refractivity contribution in [2.24, 2.45) is 28.1 Å². The minimum atomic E-state index is -2.08. The molecule has 9 rings (SSSR count). The Morgan fingerprint density at radius 2 is 0.744 bits per heavy atom. The van der Waals surface area contributed by atoms with Gasteiger partial charge < -0.3 is 159 Å². The third-order valence-corrected chi connectivity index (χ3v) is 21.1. The zero-order chi connectivity index (χ0) is 66.0. The second-order valence-corrected chi connectivity index (χ2v) is 26.7. The average Bonchev–Trinajstić information content (AvgIpc) is 0.707. The topological polar surface area (TPSA) is 532 Å². The fraction of sp³-hybridized carbons (Fsp3) is 0.947. The molecule has 9 aliphatic rings. The van der Waals surface area contributed by atoms with Crippen LogP contribution < -0.4 is 0 Å². The van der Waals surface area contributed by atoms with Crippen LogP contribution in [0.3, 0.4) is 0 Å². The van der Waals surface area contributed by atoms with Crippen LogP contribution in [0, 0.1) is 28.1 Å². The number of aliphatic hydroxyl groups is 20. The van der Waals surface area contributed by atoms with Gasteiger partial charge >= 0.3 is 5.97 Å². The Kier molecular flexibility index (Phi) is 22.9.